The number of anilines is 1. The highest BCUT2D eigenvalue weighted by atomic mass is 16.5. The average molecular weight is 369 g/mol. The van der Waals surface area contributed by atoms with Crippen molar-refractivity contribution >= 4 is 17.4 Å². The van der Waals surface area contributed by atoms with Crippen LogP contribution >= 0.6 is 0 Å². The normalized spacial score (nSPS) is 11.4. The first kappa shape index (κ1) is 19.8. The molecule has 0 unspecified atom stereocenters. The Morgan fingerprint density at radius 2 is 2.26 bits per heavy atom. The van der Waals surface area contributed by atoms with Crippen molar-refractivity contribution in [2.75, 3.05) is 19.0 Å². The average Bonchev–Trinajstić information content (AvgIpc) is 3.07. The van der Waals surface area contributed by atoms with Crippen molar-refractivity contribution in [2.24, 2.45) is 10.7 Å². The van der Waals surface area contributed by atoms with Gasteiger partial charge in [0.25, 0.3) is 0 Å². The van der Waals surface area contributed by atoms with Crippen LogP contribution in [0.5, 0.6) is 5.75 Å². The van der Waals surface area contributed by atoms with E-state index < -0.39 is 5.97 Å². The summed E-state index contributed by atoms with van der Waals surface area (Å²) in [5.41, 5.74) is 7.85. The molecule has 0 saturated heterocycles. The van der Waals surface area contributed by atoms with Gasteiger partial charge >= 0.3 is 5.97 Å². The molecule has 1 aromatic heterocycles. The van der Waals surface area contributed by atoms with E-state index in [0.717, 1.165) is 11.4 Å². The summed E-state index contributed by atoms with van der Waals surface area (Å²) in [7, 11) is 1.59. The van der Waals surface area contributed by atoms with Crippen LogP contribution in [0.3, 0.4) is 0 Å². The van der Waals surface area contributed by atoms with Crippen molar-refractivity contribution in [2.45, 2.75) is 13.8 Å². The number of hydrogen-bond acceptors (Lipinski definition) is 7. The minimum atomic E-state index is -0.578. The molecule has 0 spiro atoms. The number of carbonyl (C=O) groups excluding carboxylic acids is 1. The summed E-state index contributed by atoms with van der Waals surface area (Å²) in [6.07, 6.45) is 6.19. The second kappa shape index (κ2) is 9.23. The first-order valence-corrected chi connectivity index (χ1v) is 8.27. The number of nitrogens with two attached hydrogens (primary N) is 1. The van der Waals surface area contributed by atoms with Gasteiger partial charge in [-0.1, -0.05) is 6.58 Å². The highest BCUT2D eigenvalue weighted by molar-refractivity contribution is 6.41. The molecule has 0 bridgehead atoms. The van der Waals surface area contributed by atoms with Gasteiger partial charge in [0.05, 0.1) is 31.4 Å². The van der Waals surface area contributed by atoms with Crippen molar-refractivity contribution < 1.29 is 14.3 Å². The molecule has 2 aromatic rings. The number of nitrogens with zero attached hydrogens (tertiary/aromatic N) is 3. The van der Waals surface area contributed by atoms with E-state index in [1.54, 1.807) is 26.4 Å². The van der Waals surface area contributed by atoms with E-state index in [9.17, 15) is 4.79 Å². The van der Waals surface area contributed by atoms with E-state index in [0.29, 0.717) is 11.4 Å². The minimum absolute atomic E-state index is 0.0503. The molecular formula is C19H23N5O3. The summed E-state index contributed by atoms with van der Waals surface area (Å²) in [5.74, 6) is 0.316. The van der Waals surface area contributed by atoms with Crippen LogP contribution in [0.1, 0.15) is 12.6 Å². The molecule has 0 aliphatic carbocycles. The van der Waals surface area contributed by atoms with Gasteiger partial charge in [-0.15, -0.1) is 0 Å². The number of rotatable bonds is 8. The predicted octanol–water partition coefficient (Wildman–Crippen LogP) is 2.55. The number of nitrogens with one attached hydrogen (secondary N) is 1. The molecule has 1 aromatic carbocycles. The Kier molecular flexibility index (Phi) is 6.76. The Labute approximate surface area is 158 Å². The monoisotopic (exact) mass is 369 g/mol. The number of aryl methyl sites for hydroxylation is 1. The van der Waals surface area contributed by atoms with Gasteiger partial charge in [0.1, 0.15) is 11.6 Å². The van der Waals surface area contributed by atoms with E-state index >= 15 is 0 Å². The maximum absolute atomic E-state index is 11.9. The smallest absolute Gasteiger partial charge is 0.357 e. The first-order valence-electron chi connectivity index (χ1n) is 8.27. The van der Waals surface area contributed by atoms with Gasteiger partial charge in [-0.25, -0.2) is 14.8 Å². The van der Waals surface area contributed by atoms with Crippen molar-refractivity contribution in [3.8, 4) is 11.4 Å². The van der Waals surface area contributed by atoms with Crippen molar-refractivity contribution in [3.05, 3.63) is 61.1 Å². The molecule has 0 amide bonds. The number of aliphatic imine (C=N–C) groups is 1. The molecule has 8 heteroatoms. The maximum atomic E-state index is 11.9. The van der Waals surface area contributed by atoms with E-state index in [1.165, 1.54) is 12.3 Å². The standard InChI is InChI=1S/C19H23N5O3/c1-5-27-19(25)16(8-9-20)23-14(3)22-15-6-7-17(18(10-15)26-4)24-11-13(2)21-12-24/h6-12,22H,3,5,20H2,1-2,4H3/b9-8-,23-16+. The minimum Gasteiger partial charge on any atom is -0.494 e. The fourth-order valence-electron chi connectivity index (χ4n) is 2.31. The highest BCUT2D eigenvalue weighted by Gasteiger charge is 2.11. The van der Waals surface area contributed by atoms with E-state index in [2.05, 4.69) is 21.9 Å². The zero-order chi connectivity index (χ0) is 19.8. The fraction of sp³-hybridized carbons (Fsp3) is 0.211. The molecule has 27 heavy (non-hydrogen) atoms. The summed E-state index contributed by atoms with van der Waals surface area (Å²) >= 11 is 0. The van der Waals surface area contributed by atoms with Crippen LogP contribution in [-0.2, 0) is 9.53 Å². The van der Waals surface area contributed by atoms with Crippen LogP contribution < -0.4 is 15.8 Å². The third-order valence-corrected chi connectivity index (χ3v) is 3.45. The van der Waals surface area contributed by atoms with Crippen molar-refractivity contribution in [3.63, 3.8) is 0 Å². The molecular weight excluding hydrogens is 346 g/mol. The van der Waals surface area contributed by atoms with Gasteiger partial charge in [0.15, 0.2) is 5.71 Å². The predicted molar refractivity (Wildman–Crippen MR) is 105 cm³/mol. The molecule has 0 atom stereocenters. The summed E-state index contributed by atoms with van der Waals surface area (Å²) < 4.78 is 12.3. The Bertz CT molecular complexity index is 883. The Hall–Kier alpha value is -3.55. The molecule has 0 aliphatic rings. The van der Waals surface area contributed by atoms with Crippen LogP contribution in [0.25, 0.3) is 5.69 Å². The number of carbonyl (C=O) groups is 1. The van der Waals surface area contributed by atoms with Gasteiger partial charge in [0.2, 0.25) is 0 Å². The molecule has 0 saturated carbocycles. The van der Waals surface area contributed by atoms with Gasteiger partial charge in [-0.3, -0.25) is 0 Å². The molecule has 142 valence electrons. The van der Waals surface area contributed by atoms with Crippen LogP contribution in [-0.4, -0.2) is 34.9 Å². The van der Waals surface area contributed by atoms with Crippen molar-refractivity contribution in [1.82, 2.24) is 9.55 Å². The van der Waals surface area contributed by atoms with E-state index in [4.69, 9.17) is 15.2 Å². The quantitative estimate of drug-likeness (QED) is 0.547. The number of aromatic nitrogens is 2. The number of hydrogen-bond donors (Lipinski definition) is 2. The van der Waals surface area contributed by atoms with Crippen LogP contribution in [0.15, 0.2) is 60.4 Å². The fourth-order valence-corrected chi connectivity index (χ4v) is 2.31. The molecule has 1 heterocycles. The lowest BCUT2D eigenvalue weighted by Crippen LogP contribution is -2.17. The zero-order valence-electron chi connectivity index (χ0n) is 15.6. The third kappa shape index (κ3) is 5.21. The van der Waals surface area contributed by atoms with E-state index in [-0.39, 0.29) is 18.1 Å². The van der Waals surface area contributed by atoms with Crippen LogP contribution in [0.4, 0.5) is 5.69 Å². The lowest BCUT2D eigenvalue weighted by atomic mass is 10.2. The molecule has 0 aliphatic heterocycles. The third-order valence-electron chi connectivity index (χ3n) is 3.45. The molecule has 0 fully saturated rings. The van der Waals surface area contributed by atoms with Gasteiger partial charge < -0.3 is 25.1 Å². The Morgan fingerprint density at radius 1 is 1.48 bits per heavy atom. The maximum Gasteiger partial charge on any atom is 0.357 e. The first-order chi connectivity index (χ1) is 13.0. The second-order valence-corrected chi connectivity index (χ2v) is 5.46. The van der Waals surface area contributed by atoms with Crippen LogP contribution in [0, 0.1) is 6.92 Å². The second-order valence-electron chi connectivity index (χ2n) is 5.46. The molecule has 0 radical (unpaired) electrons. The summed E-state index contributed by atoms with van der Waals surface area (Å²) in [5, 5.41) is 3.02. The Balaban J connectivity index is 2.22. The van der Waals surface area contributed by atoms with E-state index in [1.807, 2.05) is 29.8 Å². The SMILES string of the molecule is C=C(/N=C(\C=C/N)C(=O)OCC)Nc1ccc(-n2cnc(C)c2)c(OC)c1. The Morgan fingerprint density at radius 3 is 2.85 bits per heavy atom. The number of imidazole rings is 1. The topological polar surface area (TPSA) is 104 Å². The van der Waals surface area contributed by atoms with Crippen molar-refractivity contribution in [1.29, 1.82) is 0 Å². The molecule has 3 N–H and O–H groups in total. The number of methoxy groups -OCH3 is 1. The van der Waals surface area contributed by atoms with Crippen LogP contribution in [0.2, 0.25) is 0 Å². The lowest BCUT2D eigenvalue weighted by molar-refractivity contribution is -0.134. The van der Waals surface area contributed by atoms with Gasteiger partial charge in [-0.2, -0.15) is 0 Å². The number of ether oxygens (including phenoxy) is 2. The number of benzene rings is 1. The largest absolute Gasteiger partial charge is 0.494 e. The lowest BCUT2D eigenvalue weighted by Gasteiger charge is -2.12. The molecule has 8 nitrogen and oxygen atoms in total. The number of esters is 1. The van der Waals surface area contributed by atoms with Gasteiger partial charge in [0, 0.05) is 18.0 Å². The molecule has 2 rings (SSSR count). The summed E-state index contributed by atoms with van der Waals surface area (Å²) in [6, 6.07) is 5.52. The zero-order valence-corrected chi connectivity index (χ0v) is 15.6. The highest BCUT2D eigenvalue weighted by Crippen LogP contribution is 2.27. The summed E-state index contributed by atoms with van der Waals surface area (Å²) in [6.45, 7) is 7.68. The van der Waals surface area contributed by atoms with Gasteiger partial charge in [-0.05, 0) is 38.3 Å². The summed E-state index contributed by atoms with van der Waals surface area (Å²) in [4.78, 5) is 20.2.